The molecule has 148 valence electrons. The van der Waals surface area contributed by atoms with Crippen molar-refractivity contribution in [2.75, 3.05) is 20.6 Å². The summed E-state index contributed by atoms with van der Waals surface area (Å²) in [6.07, 6.45) is -3.16. The molecule has 2 rings (SSSR count). The molecule has 2 unspecified atom stereocenters. The van der Waals surface area contributed by atoms with Crippen molar-refractivity contribution in [3.63, 3.8) is 0 Å². The number of ether oxygens (including phenoxy) is 1. The highest BCUT2D eigenvalue weighted by molar-refractivity contribution is 5.74. The number of amides is 2. The summed E-state index contributed by atoms with van der Waals surface area (Å²) in [6.45, 7) is 2.06. The van der Waals surface area contributed by atoms with Crippen molar-refractivity contribution in [1.29, 1.82) is 0 Å². The van der Waals surface area contributed by atoms with Gasteiger partial charge in [-0.3, -0.25) is 4.90 Å². The van der Waals surface area contributed by atoms with E-state index >= 15 is 0 Å². The lowest BCUT2D eigenvalue weighted by Crippen LogP contribution is -2.41. The maximum Gasteiger partial charge on any atom is 0.573 e. The van der Waals surface area contributed by atoms with Gasteiger partial charge in [0, 0.05) is 6.54 Å². The Labute approximate surface area is 155 Å². The first kappa shape index (κ1) is 20.6. The number of carbonyl (C=O) groups excluding carboxylic acids is 1. The number of alkyl halides is 3. The first-order valence-electron chi connectivity index (χ1n) is 8.25. The van der Waals surface area contributed by atoms with Crippen LogP contribution in [-0.2, 0) is 0 Å². The third-order valence-corrected chi connectivity index (χ3v) is 3.91. The van der Waals surface area contributed by atoms with Crippen molar-refractivity contribution in [3.8, 4) is 5.75 Å². The highest BCUT2D eigenvalue weighted by Gasteiger charge is 2.31. The van der Waals surface area contributed by atoms with Gasteiger partial charge >= 0.3 is 12.4 Å². The number of rotatable bonds is 7. The Morgan fingerprint density at radius 1 is 1.22 bits per heavy atom. The fourth-order valence-electron chi connectivity index (χ4n) is 2.50. The molecule has 0 aliphatic carbocycles. The van der Waals surface area contributed by atoms with Crippen LogP contribution in [0.4, 0.5) is 18.0 Å². The minimum Gasteiger partial charge on any atom is -0.468 e. The van der Waals surface area contributed by atoms with E-state index in [2.05, 4.69) is 15.4 Å². The van der Waals surface area contributed by atoms with Gasteiger partial charge in [0.1, 0.15) is 11.5 Å². The lowest BCUT2D eigenvalue weighted by Gasteiger charge is -2.23. The van der Waals surface area contributed by atoms with Gasteiger partial charge in [0.05, 0.1) is 18.3 Å². The number of urea groups is 1. The zero-order valence-electron chi connectivity index (χ0n) is 15.2. The second kappa shape index (κ2) is 8.81. The predicted molar refractivity (Wildman–Crippen MR) is 93.2 cm³/mol. The molecule has 1 aromatic heterocycles. The normalized spacial score (nSPS) is 13.9. The molecule has 2 amide bonds. The number of halogens is 3. The molecule has 0 saturated heterocycles. The summed E-state index contributed by atoms with van der Waals surface area (Å²) in [5.41, 5.74) is 0.648. The third-order valence-electron chi connectivity index (χ3n) is 3.91. The summed E-state index contributed by atoms with van der Waals surface area (Å²) in [5.74, 6) is 0.420. The van der Waals surface area contributed by atoms with Gasteiger partial charge in [-0.15, -0.1) is 13.2 Å². The first-order chi connectivity index (χ1) is 12.7. The van der Waals surface area contributed by atoms with Crippen molar-refractivity contribution in [2.45, 2.75) is 25.4 Å². The lowest BCUT2D eigenvalue weighted by molar-refractivity contribution is -0.274. The second-order valence-electron chi connectivity index (χ2n) is 6.19. The van der Waals surface area contributed by atoms with Crippen LogP contribution < -0.4 is 15.4 Å². The predicted octanol–water partition coefficient (Wildman–Crippen LogP) is 3.84. The molecule has 2 N–H and O–H groups in total. The molecule has 27 heavy (non-hydrogen) atoms. The summed E-state index contributed by atoms with van der Waals surface area (Å²) in [4.78, 5) is 14.1. The number of hydrogen-bond donors (Lipinski definition) is 2. The molecule has 0 saturated carbocycles. The maximum absolute atomic E-state index is 12.2. The molecule has 0 aliphatic rings. The van der Waals surface area contributed by atoms with Crippen LogP contribution in [0.15, 0.2) is 47.1 Å². The molecule has 1 heterocycles. The zero-order chi connectivity index (χ0) is 20.0. The second-order valence-corrected chi connectivity index (χ2v) is 6.19. The molecular formula is C18H22F3N3O3. The van der Waals surface area contributed by atoms with Crippen molar-refractivity contribution in [3.05, 3.63) is 54.0 Å². The molecular weight excluding hydrogens is 363 g/mol. The fourth-order valence-corrected chi connectivity index (χ4v) is 2.50. The Morgan fingerprint density at radius 3 is 2.41 bits per heavy atom. The van der Waals surface area contributed by atoms with Gasteiger partial charge in [-0.05, 0) is 50.8 Å². The van der Waals surface area contributed by atoms with Crippen LogP contribution in [0.2, 0.25) is 0 Å². The maximum atomic E-state index is 12.2. The molecule has 6 nitrogen and oxygen atoms in total. The van der Waals surface area contributed by atoms with E-state index in [0.717, 1.165) is 5.76 Å². The van der Waals surface area contributed by atoms with Crippen molar-refractivity contribution in [2.24, 2.45) is 0 Å². The average molecular weight is 385 g/mol. The number of likely N-dealkylation sites (N-methyl/N-ethyl adjacent to an activating group) is 1. The lowest BCUT2D eigenvalue weighted by atomic mass is 10.1. The van der Waals surface area contributed by atoms with Crippen molar-refractivity contribution >= 4 is 6.03 Å². The van der Waals surface area contributed by atoms with Gasteiger partial charge in [0.15, 0.2) is 0 Å². The Kier molecular flexibility index (Phi) is 6.73. The smallest absolute Gasteiger partial charge is 0.468 e. The van der Waals surface area contributed by atoms with Crippen LogP contribution in [0.25, 0.3) is 0 Å². The molecule has 2 atom stereocenters. The van der Waals surface area contributed by atoms with Gasteiger partial charge < -0.3 is 19.8 Å². The average Bonchev–Trinajstić information content (AvgIpc) is 3.08. The molecule has 0 bridgehead atoms. The van der Waals surface area contributed by atoms with E-state index in [1.165, 1.54) is 24.3 Å². The first-order valence-corrected chi connectivity index (χ1v) is 8.25. The highest BCUT2D eigenvalue weighted by Crippen LogP contribution is 2.24. The van der Waals surface area contributed by atoms with Gasteiger partial charge in [0.25, 0.3) is 0 Å². The standard InChI is InChI=1S/C18H22F3N3O3/c1-12(13-6-8-14(9-7-13)27-18(19,20)21)23-17(25)22-11-15(24(2)3)16-5-4-10-26-16/h4-10,12,15H,11H2,1-3H3,(H2,22,23,25). The van der Waals surface area contributed by atoms with Crippen molar-refractivity contribution < 1.29 is 27.1 Å². The highest BCUT2D eigenvalue weighted by atomic mass is 19.4. The number of nitrogens with zero attached hydrogens (tertiary/aromatic N) is 1. The molecule has 0 fully saturated rings. The fraction of sp³-hybridized carbons (Fsp3) is 0.389. The van der Waals surface area contributed by atoms with E-state index in [0.29, 0.717) is 12.1 Å². The van der Waals surface area contributed by atoms with Crippen LogP contribution in [0, 0.1) is 0 Å². The van der Waals surface area contributed by atoms with E-state index in [4.69, 9.17) is 4.42 Å². The monoisotopic (exact) mass is 385 g/mol. The number of nitrogens with one attached hydrogen (secondary N) is 2. The minimum atomic E-state index is -4.73. The Morgan fingerprint density at radius 2 is 1.89 bits per heavy atom. The van der Waals surface area contributed by atoms with Crippen molar-refractivity contribution in [1.82, 2.24) is 15.5 Å². The quantitative estimate of drug-likeness (QED) is 0.760. The van der Waals surface area contributed by atoms with Crippen LogP contribution in [-0.4, -0.2) is 37.9 Å². The summed E-state index contributed by atoms with van der Waals surface area (Å²) in [7, 11) is 3.75. The van der Waals surface area contributed by atoms with Gasteiger partial charge in [-0.25, -0.2) is 4.79 Å². The summed E-state index contributed by atoms with van der Waals surface area (Å²) in [6, 6.07) is 8.05. The molecule has 1 aromatic carbocycles. The molecule has 9 heteroatoms. The van der Waals surface area contributed by atoms with Crippen LogP contribution in [0.5, 0.6) is 5.75 Å². The van der Waals surface area contributed by atoms with E-state index in [9.17, 15) is 18.0 Å². The summed E-state index contributed by atoms with van der Waals surface area (Å²) >= 11 is 0. The van der Waals surface area contributed by atoms with Gasteiger partial charge in [0.2, 0.25) is 0 Å². The van der Waals surface area contributed by atoms with Crippen LogP contribution in [0.3, 0.4) is 0 Å². The Hall–Kier alpha value is -2.68. The number of furan rings is 1. The number of benzene rings is 1. The third kappa shape index (κ3) is 6.52. The molecule has 0 aliphatic heterocycles. The SMILES string of the molecule is CC(NC(=O)NCC(c1ccco1)N(C)C)c1ccc(OC(F)(F)F)cc1. The van der Waals surface area contributed by atoms with Gasteiger partial charge in [-0.2, -0.15) is 0 Å². The summed E-state index contributed by atoms with van der Waals surface area (Å²) < 4.78 is 45.8. The number of carbonyl (C=O) groups is 1. The zero-order valence-corrected chi connectivity index (χ0v) is 15.2. The molecule has 0 radical (unpaired) electrons. The molecule has 2 aromatic rings. The Balaban J connectivity index is 1.87. The van der Waals surface area contributed by atoms with E-state index < -0.39 is 18.4 Å². The van der Waals surface area contributed by atoms with Gasteiger partial charge in [-0.1, -0.05) is 12.1 Å². The van der Waals surface area contributed by atoms with E-state index in [1.54, 1.807) is 19.3 Å². The molecule has 0 spiro atoms. The number of hydrogen-bond acceptors (Lipinski definition) is 4. The summed E-state index contributed by atoms with van der Waals surface area (Å²) in [5, 5.41) is 5.51. The largest absolute Gasteiger partial charge is 0.573 e. The topological polar surface area (TPSA) is 66.7 Å². The van der Waals surface area contributed by atoms with Crippen LogP contribution in [0.1, 0.15) is 30.3 Å². The minimum absolute atomic E-state index is 0.125. The van der Waals surface area contributed by atoms with E-state index in [1.807, 2.05) is 25.1 Å². The van der Waals surface area contributed by atoms with E-state index in [-0.39, 0.29) is 11.8 Å². The van der Waals surface area contributed by atoms with Crippen LogP contribution >= 0.6 is 0 Å². The Bertz CT molecular complexity index is 716.